The molecule has 0 saturated carbocycles. The van der Waals surface area contributed by atoms with Crippen LogP contribution in [0.2, 0.25) is 10.0 Å². The maximum atomic E-state index is 6.34. The molecule has 1 N–H and O–H groups in total. The summed E-state index contributed by atoms with van der Waals surface area (Å²) in [5, 5.41) is 4.66. The minimum Gasteiger partial charge on any atom is -0.313 e. The second-order valence-electron chi connectivity index (χ2n) is 5.32. The number of hydrogen-bond donors (Lipinski definition) is 1. The van der Waals surface area contributed by atoms with Crippen LogP contribution in [0.3, 0.4) is 0 Å². The fourth-order valence-electron chi connectivity index (χ4n) is 3.05. The normalized spacial score (nSPS) is 18.2. The molecule has 0 radical (unpaired) electrons. The predicted octanol–water partition coefficient (Wildman–Crippen LogP) is 4.98. The Balaban J connectivity index is 1.81. The largest absolute Gasteiger partial charge is 0.313 e. The summed E-state index contributed by atoms with van der Waals surface area (Å²) in [6.45, 7) is 0. The molecule has 1 aliphatic rings. The lowest BCUT2D eigenvalue weighted by molar-refractivity contribution is 0.452. The first-order chi connectivity index (χ1) is 9.70. The summed E-state index contributed by atoms with van der Waals surface area (Å²) in [4.78, 5) is 0. The number of hydrogen-bond acceptors (Lipinski definition) is 1. The van der Waals surface area contributed by atoms with Crippen molar-refractivity contribution in [1.29, 1.82) is 0 Å². The fraction of sp³-hybridized carbons (Fsp3) is 0.294. The zero-order valence-corrected chi connectivity index (χ0v) is 12.9. The SMILES string of the molecule is CNC(CC1Cc2ccccc21)c1cccc(Cl)c1Cl. The summed E-state index contributed by atoms with van der Waals surface area (Å²) < 4.78 is 0. The molecule has 20 heavy (non-hydrogen) atoms. The summed E-state index contributed by atoms with van der Waals surface area (Å²) in [7, 11) is 1.98. The monoisotopic (exact) mass is 305 g/mol. The van der Waals surface area contributed by atoms with Crippen molar-refractivity contribution < 1.29 is 0 Å². The molecule has 0 spiro atoms. The first-order valence-corrected chi connectivity index (χ1v) is 7.65. The number of nitrogens with one attached hydrogen (secondary N) is 1. The van der Waals surface area contributed by atoms with Crippen LogP contribution in [0, 0.1) is 0 Å². The van der Waals surface area contributed by atoms with Crippen molar-refractivity contribution in [3.63, 3.8) is 0 Å². The Morgan fingerprint density at radius 3 is 2.70 bits per heavy atom. The van der Waals surface area contributed by atoms with Gasteiger partial charge in [0.2, 0.25) is 0 Å². The van der Waals surface area contributed by atoms with E-state index in [0.717, 1.165) is 18.4 Å². The molecule has 1 nitrogen and oxygen atoms in total. The van der Waals surface area contributed by atoms with Gasteiger partial charge in [-0.15, -0.1) is 0 Å². The van der Waals surface area contributed by atoms with E-state index < -0.39 is 0 Å². The molecule has 0 bridgehead atoms. The van der Waals surface area contributed by atoms with Crippen LogP contribution in [-0.4, -0.2) is 7.05 Å². The molecule has 2 aromatic carbocycles. The van der Waals surface area contributed by atoms with Gasteiger partial charge in [0.15, 0.2) is 0 Å². The fourth-order valence-corrected chi connectivity index (χ4v) is 3.49. The highest BCUT2D eigenvalue weighted by atomic mass is 35.5. The van der Waals surface area contributed by atoms with Crippen molar-refractivity contribution in [2.24, 2.45) is 0 Å². The van der Waals surface area contributed by atoms with E-state index in [9.17, 15) is 0 Å². The third kappa shape index (κ3) is 2.46. The molecular weight excluding hydrogens is 289 g/mol. The lowest BCUT2D eigenvalue weighted by Crippen LogP contribution is -2.25. The van der Waals surface area contributed by atoms with Gasteiger partial charge in [0.05, 0.1) is 10.0 Å². The Kier molecular flexibility index (Phi) is 4.02. The summed E-state index contributed by atoms with van der Waals surface area (Å²) >= 11 is 12.5. The molecule has 0 fully saturated rings. The zero-order chi connectivity index (χ0) is 14.1. The molecule has 0 saturated heterocycles. The van der Waals surface area contributed by atoms with Gasteiger partial charge in [-0.3, -0.25) is 0 Å². The summed E-state index contributed by atoms with van der Waals surface area (Å²) in [5.74, 6) is 0.610. The first kappa shape index (κ1) is 13.9. The molecule has 2 unspecified atom stereocenters. The van der Waals surface area contributed by atoms with E-state index in [1.54, 1.807) is 0 Å². The summed E-state index contributed by atoms with van der Waals surface area (Å²) in [6, 6.07) is 14.8. The van der Waals surface area contributed by atoms with Gasteiger partial charge in [-0.05, 0) is 48.6 Å². The molecule has 0 heterocycles. The molecular formula is C17H17Cl2N. The molecule has 0 aromatic heterocycles. The van der Waals surface area contributed by atoms with Gasteiger partial charge in [-0.25, -0.2) is 0 Å². The van der Waals surface area contributed by atoms with Crippen LogP contribution in [0.25, 0.3) is 0 Å². The molecule has 104 valence electrons. The summed E-state index contributed by atoms with van der Waals surface area (Å²) in [6.07, 6.45) is 2.21. The van der Waals surface area contributed by atoms with Crippen LogP contribution in [-0.2, 0) is 6.42 Å². The van der Waals surface area contributed by atoms with Crippen molar-refractivity contribution in [2.45, 2.75) is 24.8 Å². The molecule has 0 amide bonds. The molecule has 1 aliphatic carbocycles. The highest BCUT2D eigenvalue weighted by Crippen LogP contribution is 2.42. The average molecular weight is 306 g/mol. The maximum Gasteiger partial charge on any atom is 0.0640 e. The second-order valence-corrected chi connectivity index (χ2v) is 6.11. The predicted molar refractivity (Wildman–Crippen MR) is 85.8 cm³/mol. The molecule has 0 aliphatic heterocycles. The van der Waals surface area contributed by atoms with Gasteiger partial charge in [-0.1, -0.05) is 59.6 Å². The van der Waals surface area contributed by atoms with Crippen molar-refractivity contribution >= 4 is 23.2 Å². The van der Waals surface area contributed by atoms with Gasteiger partial charge in [0.1, 0.15) is 0 Å². The molecule has 3 heteroatoms. The third-order valence-corrected chi connectivity index (χ3v) is 5.02. The standard InChI is InChI=1S/C17H17Cl2N/c1-20-16(14-7-4-8-15(18)17(14)19)10-12-9-11-5-2-3-6-13(11)12/h2-8,12,16,20H,9-10H2,1H3. The van der Waals surface area contributed by atoms with Crippen LogP contribution in [0.4, 0.5) is 0 Å². The zero-order valence-electron chi connectivity index (χ0n) is 11.4. The van der Waals surface area contributed by atoms with E-state index in [1.807, 2.05) is 19.2 Å². The Hall–Kier alpha value is -1.02. The lowest BCUT2D eigenvalue weighted by atomic mass is 9.74. The van der Waals surface area contributed by atoms with E-state index in [-0.39, 0.29) is 6.04 Å². The Morgan fingerprint density at radius 2 is 1.95 bits per heavy atom. The highest BCUT2D eigenvalue weighted by Gasteiger charge is 2.28. The smallest absolute Gasteiger partial charge is 0.0640 e. The Labute approximate surface area is 129 Å². The molecule has 3 rings (SSSR count). The van der Waals surface area contributed by atoms with E-state index in [0.29, 0.717) is 16.0 Å². The molecule has 2 aromatic rings. The van der Waals surface area contributed by atoms with Gasteiger partial charge in [-0.2, -0.15) is 0 Å². The minimum absolute atomic E-state index is 0.236. The van der Waals surface area contributed by atoms with E-state index in [1.165, 1.54) is 11.1 Å². The topological polar surface area (TPSA) is 12.0 Å². The van der Waals surface area contributed by atoms with Crippen molar-refractivity contribution in [3.05, 3.63) is 69.2 Å². The van der Waals surface area contributed by atoms with Crippen LogP contribution in [0.15, 0.2) is 42.5 Å². The highest BCUT2D eigenvalue weighted by molar-refractivity contribution is 6.42. The van der Waals surface area contributed by atoms with Crippen molar-refractivity contribution in [2.75, 3.05) is 7.05 Å². The van der Waals surface area contributed by atoms with E-state index in [4.69, 9.17) is 23.2 Å². The second kappa shape index (κ2) is 5.77. The van der Waals surface area contributed by atoms with E-state index >= 15 is 0 Å². The van der Waals surface area contributed by atoms with E-state index in [2.05, 4.69) is 35.6 Å². The Morgan fingerprint density at radius 1 is 1.15 bits per heavy atom. The minimum atomic E-state index is 0.236. The van der Waals surface area contributed by atoms with Gasteiger partial charge in [0, 0.05) is 6.04 Å². The first-order valence-electron chi connectivity index (χ1n) is 6.89. The van der Waals surface area contributed by atoms with Crippen molar-refractivity contribution in [3.8, 4) is 0 Å². The van der Waals surface area contributed by atoms with Gasteiger partial charge >= 0.3 is 0 Å². The lowest BCUT2D eigenvalue weighted by Gasteiger charge is -2.33. The third-order valence-electron chi connectivity index (χ3n) is 4.19. The van der Waals surface area contributed by atoms with Gasteiger partial charge < -0.3 is 5.32 Å². The Bertz CT molecular complexity index is 624. The number of fused-ring (bicyclic) bond motifs is 1. The number of benzene rings is 2. The number of rotatable bonds is 4. The quantitative estimate of drug-likeness (QED) is 0.839. The number of halogens is 2. The molecule has 2 atom stereocenters. The van der Waals surface area contributed by atoms with Crippen LogP contribution >= 0.6 is 23.2 Å². The average Bonchev–Trinajstić information content (AvgIpc) is 2.44. The maximum absolute atomic E-state index is 6.34. The van der Waals surface area contributed by atoms with Crippen LogP contribution < -0.4 is 5.32 Å². The van der Waals surface area contributed by atoms with Gasteiger partial charge in [0.25, 0.3) is 0 Å². The summed E-state index contributed by atoms with van der Waals surface area (Å²) in [5.41, 5.74) is 4.04. The van der Waals surface area contributed by atoms with Crippen LogP contribution in [0.1, 0.15) is 35.1 Å². The van der Waals surface area contributed by atoms with Crippen LogP contribution in [0.5, 0.6) is 0 Å². The van der Waals surface area contributed by atoms with Crippen molar-refractivity contribution in [1.82, 2.24) is 5.32 Å².